The maximum atomic E-state index is 13.2. The van der Waals surface area contributed by atoms with Crippen LogP contribution in [-0.4, -0.2) is 60.7 Å². The number of para-hydroxylation sites is 1. The van der Waals surface area contributed by atoms with Crippen LogP contribution in [0.5, 0.6) is 0 Å². The number of rotatable bonds is 12. The average molecular weight is 519 g/mol. The van der Waals surface area contributed by atoms with E-state index in [2.05, 4.69) is 27.9 Å². The van der Waals surface area contributed by atoms with Crippen LogP contribution in [0.3, 0.4) is 0 Å². The predicted molar refractivity (Wildman–Crippen MR) is 144 cm³/mol. The number of hydrogen-bond acceptors (Lipinski definition) is 5. The molecule has 0 radical (unpaired) electrons. The smallest absolute Gasteiger partial charge is 0.312 e. The second-order valence-corrected chi connectivity index (χ2v) is 8.73. The van der Waals surface area contributed by atoms with Crippen LogP contribution >= 0.6 is 0 Å². The summed E-state index contributed by atoms with van der Waals surface area (Å²) in [6, 6.07) is 18.2. The minimum Gasteiger partial charge on any atom is -0.343 e. The molecule has 1 atom stereocenters. The van der Waals surface area contributed by atoms with Crippen molar-refractivity contribution in [2.24, 2.45) is 5.73 Å². The van der Waals surface area contributed by atoms with Crippen molar-refractivity contribution in [3.05, 3.63) is 79.3 Å². The summed E-state index contributed by atoms with van der Waals surface area (Å²) in [4.78, 5) is 54.9. The molecule has 3 aromatic rings. The van der Waals surface area contributed by atoms with Crippen LogP contribution in [0, 0.1) is 6.92 Å². The van der Waals surface area contributed by atoms with Crippen LogP contribution in [0.25, 0.3) is 10.9 Å². The van der Waals surface area contributed by atoms with Gasteiger partial charge in [-0.15, -0.1) is 0 Å². The van der Waals surface area contributed by atoms with Crippen LogP contribution in [0.1, 0.15) is 18.4 Å². The fraction of sp³-hybridized carbons (Fsp3) is 0.286. The number of H-pyrrole nitrogens is 1. The largest absolute Gasteiger partial charge is 0.343 e. The maximum Gasteiger partial charge on any atom is 0.312 e. The van der Waals surface area contributed by atoms with Gasteiger partial charge in [0.2, 0.25) is 17.3 Å². The number of carbonyl (C=O) groups is 4. The van der Waals surface area contributed by atoms with E-state index in [1.807, 2.05) is 60.7 Å². The van der Waals surface area contributed by atoms with Crippen molar-refractivity contribution in [1.82, 2.24) is 15.5 Å². The van der Waals surface area contributed by atoms with Crippen molar-refractivity contribution in [1.29, 1.82) is 0 Å². The molecule has 1 aromatic heterocycles. The van der Waals surface area contributed by atoms with Gasteiger partial charge in [0, 0.05) is 24.5 Å². The molecule has 198 valence electrons. The van der Waals surface area contributed by atoms with Crippen molar-refractivity contribution in [2.75, 3.05) is 31.5 Å². The van der Waals surface area contributed by atoms with E-state index in [4.69, 9.17) is 5.73 Å². The number of carbonyl (C=O) groups excluding carboxylic acids is 4. The topological polar surface area (TPSA) is 148 Å². The summed E-state index contributed by atoms with van der Waals surface area (Å²) in [5.41, 5.74) is 8.00. The highest BCUT2D eigenvalue weighted by atomic mass is 16.2. The maximum absolute atomic E-state index is 13.2. The number of nitrogens with zero attached hydrogens (tertiary/aromatic N) is 1. The molecule has 10 nitrogen and oxygen atoms in total. The zero-order valence-electron chi connectivity index (χ0n) is 21.2. The Balaban J connectivity index is 1.64. The summed E-state index contributed by atoms with van der Waals surface area (Å²) in [6.07, 6.45) is 2.99. The SMILES string of the molecule is [CH2+]CCN(CCN)C(=O)C(=O)NCC(=O)NC(CCc1ccccc1)C(=O)Nc1c[nH+]c2ccccc2c1. The number of benzene rings is 2. The molecule has 2 aromatic carbocycles. The van der Waals surface area contributed by atoms with Crippen molar-refractivity contribution < 1.29 is 24.2 Å². The molecule has 38 heavy (non-hydrogen) atoms. The van der Waals surface area contributed by atoms with Crippen LogP contribution in [-0.2, 0) is 25.6 Å². The van der Waals surface area contributed by atoms with E-state index >= 15 is 0 Å². The van der Waals surface area contributed by atoms with Crippen LogP contribution in [0.2, 0.25) is 0 Å². The number of amides is 4. The van der Waals surface area contributed by atoms with Gasteiger partial charge >= 0.3 is 11.8 Å². The lowest BCUT2D eigenvalue weighted by Gasteiger charge is -2.20. The third-order valence-corrected chi connectivity index (χ3v) is 5.86. The van der Waals surface area contributed by atoms with E-state index in [1.54, 1.807) is 6.20 Å². The lowest BCUT2D eigenvalue weighted by atomic mass is 10.0. The number of anilines is 1. The quantitative estimate of drug-likeness (QED) is 0.207. The third kappa shape index (κ3) is 8.31. The fourth-order valence-electron chi connectivity index (χ4n) is 3.93. The van der Waals surface area contributed by atoms with Gasteiger partial charge in [-0.25, -0.2) is 4.98 Å². The van der Waals surface area contributed by atoms with Crippen molar-refractivity contribution in [3.63, 3.8) is 0 Å². The van der Waals surface area contributed by atoms with E-state index in [0.717, 1.165) is 16.5 Å². The van der Waals surface area contributed by atoms with Gasteiger partial charge in [0.1, 0.15) is 18.2 Å². The van der Waals surface area contributed by atoms with E-state index in [0.29, 0.717) is 24.9 Å². The van der Waals surface area contributed by atoms with Gasteiger partial charge in [0.05, 0.1) is 20.0 Å². The molecule has 1 unspecified atom stereocenters. The Hall–Kier alpha value is -4.44. The van der Waals surface area contributed by atoms with Crippen LogP contribution < -0.4 is 26.7 Å². The normalized spacial score (nSPS) is 11.4. The number of nitrogens with one attached hydrogen (secondary N) is 4. The number of pyridine rings is 1. The molecule has 0 aliphatic rings. The monoisotopic (exact) mass is 518 g/mol. The van der Waals surface area contributed by atoms with E-state index < -0.39 is 36.2 Å². The first kappa shape index (κ1) is 28.1. The Morgan fingerprint density at radius 1 is 1.00 bits per heavy atom. The molecule has 0 saturated heterocycles. The zero-order valence-corrected chi connectivity index (χ0v) is 21.2. The minimum absolute atomic E-state index is 0.201. The van der Waals surface area contributed by atoms with E-state index in [1.165, 1.54) is 4.90 Å². The Bertz CT molecular complexity index is 1240. The summed E-state index contributed by atoms with van der Waals surface area (Å²) < 4.78 is 0. The van der Waals surface area contributed by atoms with Crippen LogP contribution in [0.4, 0.5) is 5.69 Å². The highest BCUT2D eigenvalue weighted by molar-refractivity contribution is 6.35. The molecule has 0 spiro atoms. The molecule has 0 aliphatic carbocycles. The summed E-state index contributed by atoms with van der Waals surface area (Å²) in [7, 11) is 0. The summed E-state index contributed by atoms with van der Waals surface area (Å²) >= 11 is 0. The molecule has 4 amide bonds. The van der Waals surface area contributed by atoms with Gasteiger partial charge in [0.15, 0.2) is 6.20 Å². The average Bonchev–Trinajstić information content (AvgIpc) is 2.93. The fourth-order valence-corrected chi connectivity index (χ4v) is 3.93. The first-order chi connectivity index (χ1) is 18.4. The molecule has 0 bridgehead atoms. The number of nitrogens with two attached hydrogens (primary N) is 1. The molecule has 0 fully saturated rings. The second kappa shape index (κ2) is 14.3. The standard InChI is InChI=1S/C28H32N6O4/c1-2-15-34(16-14-29)28(38)27(37)31-19-25(35)33-24(13-12-20-8-4-3-5-9-20)26(36)32-22-17-21-10-6-7-11-23(21)30-18-22/h3-11,17-18,24H,1-2,12-16,19,29H2,(H2-,31,32,33,35,36,37)/p+2. The van der Waals surface area contributed by atoms with E-state index in [-0.39, 0.29) is 19.6 Å². The van der Waals surface area contributed by atoms with Gasteiger partial charge in [-0.2, -0.15) is 0 Å². The number of aromatic nitrogens is 1. The van der Waals surface area contributed by atoms with Gasteiger partial charge in [-0.3, -0.25) is 19.2 Å². The van der Waals surface area contributed by atoms with Gasteiger partial charge in [0.25, 0.3) is 0 Å². The molecule has 3 rings (SSSR count). The van der Waals surface area contributed by atoms with Crippen molar-refractivity contribution in [2.45, 2.75) is 25.3 Å². The highest BCUT2D eigenvalue weighted by Crippen LogP contribution is 2.14. The van der Waals surface area contributed by atoms with Crippen molar-refractivity contribution in [3.8, 4) is 0 Å². The second-order valence-electron chi connectivity index (χ2n) is 8.73. The lowest BCUT2D eigenvalue weighted by molar-refractivity contribution is -0.343. The van der Waals surface area contributed by atoms with Gasteiger partial charge in [-0.05, 0) is 30.5 Å². The van der Waals surface area contributed by atoms with Gasteiger partial charge in [-0.1, -0.05) is 42.5 Å². The Morgan fingerprint density at radius 3 is 2.47 bits per heavy atom. The summed E-state index contributed by atoms with van der Waals surface area (Å²) in [5, 5.41) is 8.79. The molecule has 0 aliphatic heterocycles. The predicted octanol–water partition coefficient (Wildman–Crippen LogP) is 0.838. The molecule has 1 heterocycles. The molecule has 0 saturated carbocycles. The summed E-state index contributed by atoms with van der Waals surface area (Å²) in [5.74, 6) is -2.69. The number of fused-ring (bicyclic) bond motifs is 1. The van der Waals surface area contributed by atoms with Crippen LogP contribution in [0.15, 0.2) is 66.9 Å². The first-order valence-electron chi connectivity index (χ1n) is 12.5. The van der Waals surface area contributed by atoms with Crippen molar-refractivity contribution >= 4 is 40.2 Å². The zero-order chi connectivity index (χ0) is 27.3. The highest BCUT2D eigenvalue weighted by Gasteiger charge is 2.24. The Kier molecular flexibility index (Phi) is 10.6. The lowest BCUT2D eigenvalue weighted by Crippen LogP contribution is -2.50. The first-order valence-corrected chi connectivity index (χ1v) is 12.5. The number of hydrogen-bond donors (Lipinski definition) is 4. The number of aromatic amines is 1. The minimum atomic E-state index is -0.918. The number of aryl methyl sites for hydroxylation is 1. The summed E-state index contributed by atoms with van der Waals surface area (Å²) in [6.45, 7) is 3.93. The third-order valence-electron chi connectivity index (χ3n) is 5.86. The Morgan fingerprint density at radius 2 is 1.74 bits per heavy atom. The molecule has 6 N–H and O–H groups in total. The molecular weight excluding hydrogens is 484 g/mol. The van der Waals surface area contributed by atoms with E-state index in [9.17, 15) is 19.2 Å². The molecule has 10 heteroatoms. The molecular formula is C28H34N6O4+2. The Labute approximate surface area is 222 Å². The van der Waals surface area contributed by atoms with Gasteiger partial charge < -0.3 is 26.6 Å².